The number of halogens is 1. The molecule has 0 spiro atoms. The number of pyridine rings is 1. The van der Waals surface area contributed by atoms with E-state index in [4.69, 9.17) is 4.74 Å². The molecule has 1 amide bonds. The fourth-order valence-electron chi connectivity index (χ4n) is 2.40. The van der Waals surface area contributed by atoms with Crippen LogP contribution in [-0.2, 0) is 4.74 Å². The summed E-state index contributed by atoms with van der Waals surface area (Å²) in [7, 11) is 0. The first kappa shape index (κ1) is 16.9. The standard InChI is InChI=1S/C16H21BrN2O3/c1-16(2,3)22-15(21)19-7-6-11(10-19)8-14(20)13-5-4-12(17)9-18-13/h4-5,9,11H,6-8,10H2,1-3H3/t11-/m0/s1. The van der Waals surface area contributed by atoms with Crippen molar-refractivity contribution in [1.82, 2.24) is 9.88 Å². The smallest absolute Gasteiger partial charge is 0.410 e. The second-order valence-corrected chi connectivity index (χ2v) is 7.49. The van der Waals surface area contributed by atoms with Crippen molar-refractivity contribution >= 4 is 27.8 Å². The van der Waals surface area contributed by atoms with Gasteiger partial charge in [-0.05, 0) is 61.2 Å². The van der Waals surface area contributed by atoms with Gasteiger partial charge in [-0.3, -0.25) is 9.78 Å². The summed E-state index contributed by atoms with van der Waals surface area (Å²) in [6.45, 7) is 6.75. The molecule has 120 valence electrons. The minimum absolute atomic E-state index is 0.0172. The van der Waals surface area contributed by atoms with Crippen LogP contribution < -0.4 is 0 Å². The van der Waals surface area contributed by atoms with Gasteiger partial charge in [0, 0.05) is 30.2 Å². The highest BCUT2D eigenvalue weighted by Gasteiger charge is 2.31. The second-order valence-electron chi connectivity index (χ2n) is 6.57. The van der Waals surface area contributed by atoms with Crippen molar-refractivity contribution in [1.29, 1.82) is 0 Å². The van der Waals surface area contributed by atoms with Crippen molar-refractivity contribution in [3.05, 3.63) is 28.5 Å². The molecule has 0 unspecified atom stereocenters. The number of nitrogens with zero attached hydrogens (tertiary/aromatic N) is 2. The van der Waals surface area contributed by atoms with Crippen LogP contribution in [-0.4, -0.2) is 40.5 Å². The van der Waals surface area contributed by atoms with E-state index in [0.717, 1.165) is 10.9 Å². The van der Waals surface area contributed by atoms with E-state index >= 15 is 0 Å². The highest BCUT2D eigenvalue weighted by Crippen LogP contribution is 2.23. The molecular weight excluding hydrogens is 348 g/mol. The van der Waals surface area contributed by atoms with Crippen molar-refractivity contribution in [2.24, 2.45) is 5.92 Å². The number of ketones is 1. The van der Waals surface area contributed by atoms with E-state index in [2.05, 4.69) is 20.9 Å². The first-order valence-electron chi connectivity index (χ1n) is 7.37. The maximum absolute atomic E-state index is 12.2. The van der Waals surface area contributed by atoms with E-state index in [1.807, 2.05) is 26.8 Å². The van der Waals surface area contributed by atoms with Crippen LogP contribution in [0.2, 0.25) is 0 Å². The Morgan fingerprint density at radius 3 is 2.73 bits per heavy atom. The van der Waals surface area contributed by atoms with E-state index in [9.17, 15) is 9.59 Å². The Balaban J connectivity index is 1.87. The summed E-state index contributed by atoms with van der Waals surface area (Å²) in [4.78, 5) is 30.0. The highest BCUT2D eigenvalue weighted by molar-refractivity contribution is 9.10. The van der Waals surface area contributed by atoms with Gasteiger partial charge in [0.05, 0.1) is 0 Å². The van der Waals surface area contributed by atoms with Gasteiger partial charge in [-0.25, -0.2) is 4.79 Å². The number of likely N-dealkylation sites (tertiary alicyclic amines) is 1. The van der Waals surface area contributed by atoms with E-state index in [0.29, 0.717) is 25.2 Å². The van der Waals surface area contributed by atoms with Crippen molar-refractivity contribution in [2.45, 2.75) is 39.2 Å². The first-order chi connectivity index (χ1) is 10.2. The number of hydrogen-bond acceptors (Lipinski definition) is 4. The van der Waals surface area contributed by atoms with Gasteiger partial charge in [-0.2, -0.15) is 0 Å². The van der Waals surface area contributed by atoms with Crippen LogP contribution in [0.1, 0.15) is 44.1 Å². The maximum atomic E-state index is 12.2. The monoisotopic (exact) mass is 368 g/mol. The summed E-state index contributed by atoms with van der Waals surface area (Å²) in [6.07, 6.45) is 2.55. The maximum Gasteiger partial charge on any atom is 0.410 e. The van der Waals surface area contributed by atoms with Gasteiger partial charge in [-0.1, -0.05) is 0 Å². The lowest BCUT2D eigenvalue weighted by molar-refractivity contribution is 0.0286. The summed E-state index contributed by atoms with van der Waals surface area (Å²) < 4.78 is 6.21. The average molecular weight is 369 g/mol. The number of Topliss-reactive ketones (excluding diaryl/α,β-unsaturated/α-hetero) is 1. The summed E-state index contributed by atoms with van der Waals surface area (Å²) in [5.41, 5.74) is -0.0225. The SMILES string of the molecule is CC(C)(C)OC(=O)N1CC[C@@H](CC(=O)c2ccc(Br)cn2)C1. The first-order valence-corrected chi connectivity index (χ1v) is 8.16. The number of ether oxygens (including phenoxy) is 1. The zero-order valence-corrected chi connectivity index (χ0v) is 14.7. The molecule has 0 aliphatic carbocycles. The molecule has 1 aromatic heterocycles. The van der Waals surface area contributed by atoms with Crippen molar-refractivity contribution < 1.29 is 14.3 Å². The molecule has 6 heteroatoms. The summed E-state index contributed by atoms with van der Waals surface area (Å²) in [6, 6.07) is 3.52. The topological polar surface area (TPSA) is 59.5 Å². The van der Waals surface area contributed by atoms with Crippen LogP contribution in [0.4, 0.5) is 4.79 Å². The van der Waals surface area contributed by atoms with Gasteiger partial charge in [0.15, 0.2) is 5.78 Å². The predicted molar refractivity (Wildman–Crippen MR) is 86.8 cm³/mol. The predicted octanol–water partition coefficient (Wildman–Crippen LogP) is 3.67. The molecule has 1 aliphatic heterocycles. The third kappa shape index (κ3) is 4.80. The summed E-state index contributed by atoms with van der Waals surface area (Å²) in [5, 5.41) is 0. The van der Waals surface area contributed by atoms with Crippen LogP contribution >= 0.6 is 15.9 Å². The van der Waals surface area contributed by atoms with Gasteiger partial charge < -0.3 is 9.64 Å². The third-order valence-electron chi connectivity index (χ3n) is 3.42. The van der Waals surface area contributed by atoms with E-state index in [-0.39, 0.29) is 17.8 Å². The largest absolute Gasteiger partial charge is 0.444 e. The van der Waals surface area contributed by atoms with E-state index < -0.39 is 5.60 Å². The molecule has 2 heterocycles. The van der Waals surface area contributed by atoms with Gasteiger partial charge in [0.2, 0.25) is 0 Å². The Bertz CT molecular complexity index is 552. The molecule has 1 aromatic rings. The Morgan fingerprint density at radius 2 is 2.14 bits per heavy atom. The number of hydrogen-bond donors (Lipinski definition) is 0. The van der Waals surface area contributed by atoms with E-state index in [1.165, 1.54) is 0 Å². The lowest BCUT2D eigenvalue weighted by Crippen LogP contribution is -2.35. The van der Waals surface area contributed by atoms with Crippen molar-refractivity contribution in [3.8, 4) is 0 Å². The minimum Gasteiger partial charge on any atom is -0.444 e. The third-order valence-corrected chi connectivity index (χ3v) is 3.89. The number of rotatable bonds is 3. The molecule has 0 aromatic carbocycles. The number of amides is 1. The van der Waals surface area contributed by atoms with Crippen LogP contribution in [0, 0.1) is 5.92 Å². The van der Waals surface area contributed by atoms with E-state index in [1.54, 1.807) is 17.2 Å². The minimum atomic E-state index is -0.494. The fourth-order valence-corrected chi connectivity index (χ4v) is 2.63. The molecule has 0 N–H and O–H groups in total. The van der Waals surface area contributed by atoms with Crippen molar-refractivity contribution in [2.75, 3.05) is 13.1 Å². The number of carbonyl (C=O) groups excluding carboxylic acids is 2. The zero-order valence-electron chi connectivity index (χ0n) is 13.1. The molecule has 1 aliphatic rings. The lowest BCUT2D eigenvalue weighted by atomic mass is 10.00. The Labute approximate surface area is 139 Å². The van der Waals surface area contributed by atoms with Gasteiger partial charge in [-0.15, -0.1) is 0 Å². The van der Waals surface area contributed by atoms with Crippen LogP contribution in [0.3, 0.4) is 0 Å². The van der Waals surface area contributed by atoms with Crippen LogP contribution in [0.5, 0.6) is 0 Å². The van der Waals surface area contributed by atoms with Crippen LogP contribution in [0.15, 0.2) is 22.8 Å². The molecule has 22 heavy (non-hydrogen) atoms. The van der Waals surface area contributed by atoms with Gasteiger partial charge in [0.25, 0.3) is 0 Å². The second kappa shape index (κ2) is 6.77. The molecule has 1 saturated heterocycles. The molecule has 5 nitrogen and oxygen atoms in total. The highest BCUT2D eigenvalue weighted by atomic mass is 79.9. The van der Waals surface area contributed by atoms with Crippen molar-refractivity contribution in [3.63, 3.8) is 0 Å². The summed E-state index contributed by atoms with van der Waals surface area (Å²) in [5.74, 6) is 0.189. The normalized spacial score (nSPS) is 18.4. The quantitative estimate of drug-likeness (QED) is 0.763. The zero-order chi connectivity index (χ0) is 16.3. The number of carbonyl (C=O) groups is 2. The summed E-state index contributed by atoms with van der Waals surface area (Å²) >= 11 is 3.30. The molecule has 2 rings (SSSR count). The van der Waals surface area contributed by atoms with Crippen LogP contribution in [0.25, 0.3) is 0 Å². The molecular formula is C16H21BrN2O3. The molecule has 1 fully saturated rings. The molecule has 0 bridgehead atoms. The lowest BCUT2D eigenvalue weighted by Gasteiger charge is -2.24. The Hall–Kier alpha value is -1.43. The number of aromatic nitrogens is 1. The Kier molecular flexibility index (Phi) is 5.21. The average Bonchev–Trinajstić information content (AvgIpc) is 2.86. The Morgan fingerprint density at radius 1 is 1.41 bits per heavy atom. The molecule has 1 atom stereocenters. The van der Waals surface area contributed by atoms with Gasteiger partial charge in [0.1, 0.15) is 11.3 Å². The molecule has 0 saturated carbocycles. The van der Waals surface area contributed by atoms with Gasteiger partial charge >= 0.3 is 6.09 Å². The fraction of sp³-hybridized carbons (Fsp3) is 0.562. The molecule has 0 radical (unpaired) electrons.